The van der Waals surface area contributed by atoms with Gasteiger partial charge in [0.1, 0.15) is 17.4 Å². The fourth-order valence-electron chi connectivity index (χ4n) is 3.34. The third kappa shape index (κ3) is 6.53. The number of hydrogen-bond acceptors (Lipinski definition) is 6. The molecule has 0 bridgehead atoms. The molecule has 0 aliphatic carbocycles. The Kier molecular flexibility index (Phi) is 7.90. The summed E-state index contributed by atoms with van der Waals surface area (Å²) < 4.78 is 23.8. The number of alkyl halides is 1. The smallest absolute Gasteiger partial charge is 0.337 e. The average Bonchev–Trinajstić information content (AvgIpc) is 2.85. The molecule has 4 rings (SSSR count). The number of aromatic nitrogens is 1. The van der Waals surface area contributed by atoms with Gasteiger partial charge in [-0.15, -0.1) is 11.6 Å². The summed E-state index contributed by atoms with van der Waals surface area (Å²) in [7, 11) is 0. The summed E-state index contributed by atoms with van der Waals surface area (Å²) >= 11 is 12.5. The molecular weight excluding hydrogens is 492 g/mol. The monoisotopic (exact) mass is 513 g/mol. The zero-order chi connectivity index (χ0) is 24.8. The fourth-order valence-corrected chi connectivity index (χ4v) is 3.73. The number of pyridine rings is 1. The van der Waals surface area contributed by atoms with Crippen LogP contribution in [0.3, 0.4) is 0 Å². The van der Waals surface area contributed by atoms with Gasteiger partial charge in [-0.1, -0.05) is 23.7 Å². The maximum atomic E-state index is 13.0. The van der Waals surface area contributed by atoms with Crippen molar-refractivity contribution in [1.82, 2.24) is 9.88 Å². The summed E-state index contributed by atoms with van der Waals surface area (Å²) in [6, 6.07) is 17.4. The van der Waals surface area contributed by atoms with Crippen LogP contribution >= 0.6 is 23.2 Å². The number of nitrogens with zero attached hydrogens (tertiary/aromatic N) is 2. The molecule has 1 aliphatic heterocycles. The Labute approximate surface area is 212 Å². The van der Waals surface area contributed by atoms with E-state index in [1.165, 1.54) is 12.1 Å². The van der Waals surface area contributed by atoms with Crippen LogP contribution in [-0.4, -0.2) is 27.8 Å². The van der Waals surface area contributed by atoms with E-state index in [0.29, 0.717) is 28.7 Å². The second-order valence-electron chi connectivity index (χ2n) is 7.58. The van der Waals surface area contributed by atoms with Crippen molar-refractivity contribution in [2.24, 2.45) is 0 Å². The van der Waals surface area contributed by atoms with Gasteiger partial charge in [0, 0.05) is 29.5 Å². The average molecular weight is 514 g/mol. The zero-order valence-corrected chi connectivity index (χ0v) is 20.3. The molecule has 0 saturated heterocycles. The van der Waals surface area contributed by atoms with E-state index >= 15 is 0 Å². The molecule has 1 unspecified atom stereocenters. The topological polar surface area (TPSA) is 63.7 Å². The van der Waals surface area contributed by atoms with Gasteiger partial charge < -0.3 is 19.7 Å². The summed E-state index contributed by atoms with van der Waals surface area (Å²) in [6.45, 7) is 2.48. The van der Waals surface area contributed by atoms with E-state index < -0.39 is 17.2 Å². The molecule has 1 atom stereocenters. The van der Waals surface area contributed by atoms with Crippen molar-refractivity contribution in [3.63, 3.8) is 0 Å². The van der Waals surface area contributed by atoms with E-state index in [-0.39, 0.29) is 12.5 Å². The van der Waals surface area contributed by atoms with Crippen LogP contribution in [0.25, 0.3) is 0 Å². The molecule has 0 amide bonds. The van der Waals surface area contributed by atoms with Gasteiger partial charge in [0.2, 0.25) is 5.88 Å². The standard InChI is InChI=1S/C26H22Cl2FN3O3/c1-2-34-26(33)22-16-32(15-17-3-5-18(27)6-4-17)24(13-23(22)28)31-20-8-10-21(11-9-20)35-25-12-7-19(29)14-30-25/h3-14,16,23,31H,2,15H2,1H3. The minimum Gasteiger partial charge on any atom is -0.463 e. The van der Waals surface area contributed by atoms with Crippen molar-refractivity contribution in [3.05, 3.63) is 107 Å². The highest BCUT2D eigenvalue weighted by Crippen LogP contribution is 2.28. The molecular formula is C26H22Cl2FN3O3. The second kappa shape index (κ2) is 11.3. The molecule has 1 aliphatic rings. The summed E-state index contributed by atoms with van der Waals surface area (Å²) in [5.41, 5.74) is 2.11. The second-order valence-corrected chi connectivity index (χ2v) is 8.49. The van der Waals surface area contributed by atoms with Crippen LogP contribution in [0, 0.1) is 5.82 Å². The van der Waals surface area contributed by atoms with Gasteiger partial charge in [-0.05, 0) is 61.0 Å². The summed E-state index contributed by atoms with van der Waals surface area (Å²) in [5.74, 6) is 0.642. The van der Waals surface area contributed by atoms with Gasteiger partial charge in [0.05, 0.1) is 23.8 Å². The molecule has 0 radical (unpaired) electrons. The van der Waals surface area contributed by atoms with Gasteiger partial charge in [0.15, 0.2) is 0 Å². The molecule has 180 valence electrons. The Morgan fingerprint density at radius 2 is 1.86 bits per heavy atom. The van der Waals surface area contributed by atoms with E-state index in [2.05, 4.69) is 10.3 Å². The first-order valence-corrected chi connectivity index (χ1v) is 11.6. The van der Waals surface area contributed by atoms with Crippen LogP contribution in [0.1, 0.15) is 12.5 Å². The van der Waals surface area contributed by atoms with Crippen LogP contribution in [0.15, 0.2) is 90.5 Å². The molecule has 0 saturated carbocycles. The number of anilines is 1. The molecule has 0 fully saturated rings. The number of benzene rings is 2. The Morgan fingerprint density at radius 3 is 2.51 bits per heavy atom. The lowest BCUT2D eigenvalue weighted by molar-refractivity contribution is -0.138. The number of nitrogens with one attached hydrogen (secondary N) is 1. The van der Waals surface area contributed by atoms with E-state index in [0.717, 1.165) is 17.4 Å². The van der Waals surface area contributed by atoms with E-state index in [1.54, 1.807) is 31.3 Å². The van der Waals surface area contributed by atoms with Crippen LogP contribution in [0.4, 0.5) is 10.1 Å². The minimum atomic E-state index is -0.662. The summed E-state index contributed by atoms with van der Waals surface area (Å²) in [6.07, 6.45) is 4.55. The van der Waals surface area contributed by atoms with Crippen molar-refractivity contribution in [1.29, 1.82) is 0 Å². The van der Waals surface area contributed by atoms with Crippen molar-refractivity contribution < 1.29 is 18.7 Å². The number of rotatable bonds is 8. The maximum absolute atomic E-state index is 13.0. The van der Waals surface area contributed by atoms with E-state index in [1.807, 2.05) is 41.3 Å². The maximum Gasteiger partial charge on any atom is 0.337 e. The van der Waals surface area contributed by atoms with Crippen LogP contribution in [-0.2, 0) is 16.1 Å². The molecule has 6 nitrogen and oxygen atoms in total. The molecule has 9 heteroatoms. The first-order valence-electron chi connectivity index (χ1n) is 10.8. The van der Waals surface area contributed by atoms with Crippen LogP contribution < -0.4 is 10.1 Å². The molecule has 0 spiro atoms. The number of carbonyl (C=O) groups excluding carboxylic acids is 1. The normalized spacial score (nSPS) is 15.2. The van der Waals surface area contributed by atoms with Crippen molar-refractivity contribution in [3.8, 4) is 11.6 Å². The number of hydrogen-bond donors (Lipinski definition) is 1. The molecule has 1 aromatic heterocycles. The van der Waals surface area contributed by atoms with Crippen molar-refractivity contribution in [2.45, 2.75) is 18.8 Å². The first-order chi connectivity index (χ1) is 16.9. The van der Waals surface area contributed by atoms with Crippen molar-refractivity contribution in [2.75, 3.05) is 11.9 Å². The molecule has 2 heterocycles. The molecule has 2 aromatic carbocycles. The highest BCUT2D eigenvalue weighted by Gasteiger charge is 2.26. The third-order valence-electron chi connectivity index (χ3n) is 5.03. The zero-order valence-electron chi connectivity index (χ0n) is 18.8. The fraction of sp³-hybridized carbons (Fsp3) is 0.154. The molecule has 3 aromatic rings. The molecule has 35 heavy (non-hydrogen) atoms. The van der Waals surface area contributed by atoms with E-state index in [4.69, 9.17) is 32.7 Å². The highest BCUT2D eigenvalue weighted by atomic mass is 35.5. The first kappa shape index (κ1) is 24.6. The van der Waals surface area contributed by atoms with Crippen LogP contribution in [0.2, 0.25) is 5.02 Å². The number of allylic oxidation sites excluding steroid dienone is 1. The van der Waals surface area contributed by atoms with Gasteiger partial charge in [-0.3, -0.25) is 0 Å². The van der Waals surface area contributed by atoms with Gasteiger partial charge in [0.25, 0.3) is 0 Å². The number of halogens is 3. The number of esters is 1. The minimum absolute atomic E-state index is 0.258. The van der Waals surface area contributed by atoms with Crippen molar-refractivity contribution >= 4 is 34.9 Å². The predicted octanol–water partition coefficient (Wildman–Crippen LogP) is 6.49. The Balaban J connectivity index is 1.52. The lowest BCUT2D eigenvalue weighted by Crippen LogP contribution is -2.30. The Bertz CT molecular complexity index is 1230. The SMILES string of the molecule is CCOC(=O)C1=CN(Cc2ccc(Cl)cc2)C(Nc2ccc(Oc3ccc(F)cn3)cc2)=CC1Cl. The lowest BCUT2D eigenvalue weighted by Gasteiger charge is -2.30. The van der Waals surface area contributed by atoms with Gasteiger partial charge in [-0.25, -0.2) is 14.2 Å². The van der Waals surface area contributed by atoms with Crippen LogP contribution in [0.5, 0.6) is 11.6 Å². The lowest BCUT2D eigenvalue weighted by atomic mass is 10.1. The molecule has 1 N–H and O–H groups in total. The summed E-state index contributed by atoms with van der Waals surface area (Å²) in [4.78, 5) is 18.2. The largest absolute Gasteiger partial charge is 0.463 e. The Hall–Kier alpha value is -3.55. The Morgan fingerprint density at radius 1 is 1.11 bits per heavy atom. The van der Waals surface area contributed by atoms with Gasteiger partial charge >= 0.3 is 5.97 Å². The van der Waals surface area contributed by atoms with Gasteiger partial charge in [-0.2, -0.15) is 0 Å². The quantitative estimate of drug-likeness (QED) is 0.274. The number of ether oxygens (including phenoxy) is 2. The highest BCUT2D eigenvalue weighted by molar-refractivity contribution is 6.30. The van der Waals surface area contributed by atoms with E-state index in [9.17, 15) is 9.18 Å². The number of carbonyl (C=O) groups is 1. The third-order valence-corrected chi connectivity index (χ3v) is 5.65. The predicted molar refractivity (Wildman–Crippen MR) is 134 cm³/mol. The summed E-state index contributed by atoms with van der Waals surface area (Å²) in [5, 5.41) is 3.32.